The molecular weight excluding hydrogens is 376 g/mol. The molecule has 1 amide bonds. The molecule has 0 fully saturated rings. The van der Waals surface area contributed by atoms with Crippen LogP contribution >= 0.6 is 11.8 Å². The summed E-state index contributed by atoms with van der Waals surface area (Å²) in [6, 6.07) is 7.85. The number of hydrogen-bond acceptors (Lipinski definition) is 7. The molecule has 0 saturated heterocycles. The van der Waals surface area contributed by atoms with E-state index >= 15 is 0 Å². The third-order valence-corrected chi connectivity index (χ3v) is 5.31. The summed E-state index contributed by atoms with van der Waals surface area (Å²) in [7, 11) is 0. The van der Waals surface area contributed by atoms with Gasteiger partial charge >= 0.3 is 5.97 Å². The molecule has 1 aromatic heterocycles. The van der Waals surface area contributed by atoms with Crippen molar-refractivity contribution in [2.24, 2.45) is 0 Å². The van der Waals surface area contributed by atoms with Gasteiger partial charge in [0.15, 0.2) is 5.16 Å². The topological polar surface area (TPSA) is 98.4 Å². The maximum absolute atomic E-state index is 13.1. The minimum atomic E-state index is -0.559. The highest BCUT2D eigenvalue weighted by Crippen LogP contribution is 2.27. The second kappa shape index (κ2) is 10.1. The number of hydrogen-bond donors (Lipinski definition) is 1. The number of ether oxygens (including phenoxy) is 1. The average molecular weight is 403 g/mol. The van der Waals surface area contributed by atoms with Gasteiger partial charge in [0, 0.05) is 18.4 Å². The van der Waals surface area contributed by atoms with Crippen LogP contribution < -0.4 is 10.6 Å². The van der Waals surface area contributed by atoms with Crippen molar-refractivity contribution in [1.29, 1.82) is 0 Å². The second-order valence-electron chi connectivity index (χ2n) is 6.11. The number of amides is 1. The minimum absolute atomic E-state index is 0.0164. The van der Waals surface area contributed by atoms with Crippen molar-refractivity contribution in [2.45, 2.75) is 44.5 Å². The fourth-order valence-corrected chi connectivity index (χ4v) is 3.59. The molecule has 2 N–H and O–H groups in total. The van der Waals surface area contributed by atoms with E-state index in [0.29, 0.717) is 18.1 Å². The molecule has 0 aliphatic carbocycles. The molecule has 0 aliphatic rings. The molecule has 0 bridgehead atoms. The first-order valence-corrected chi connectivity index (χ1v) is 10.1. The Hall–Kier alpha value is -2.61. The Kier molecular flexibility index (Phi) is 7.80. The van der Waals surface area contributed by atoms with Crippen LogP contribution in [0.2, 0.25) is 0 Å². The summed E-state index contributed by atoms with van der Waals surface area (Å²) in [6.45, 7) is 8.40. The lowest BCUT2D eigenvalue weighted by Gasteiger charge is -2.25. The lowest BCUT2D eigenvalue weighted by Crippen LogP contribution is -2.37. The molecule has 0 aliphatic heterocycles. The number of aromatic nitrogens is 2. The summed E-state index contributed by atoms with van der Waals surface area (Å²) in [5, 5.41) is -0.0145. The predicted molar refractivity (Wildman–Crippen MR) is 112 cm³/mol. The van der Waals surface area contributed by atoms with Gasteiger partial charge in [-0.15, -0.1) is 0 Å². The van der Waals surface area contributed by atoms with E-state index in [-0.39, 0.29) is 29.1 Å². The van der Waals surface area contributed by atoms with Crippen LogP contribution in [0.4, 0.5) is 11.5 Å². The number of carbonyl (C=O) groups is 2. The van der Waals surface area contributed by atoms with E-state index in [9.17, 15) is 9.59 Å². The molecule has 0 spiro atoms. The van der Waals surface area contributed by atoms with Crippen molar-refractivity contribution in [3.05, 3.63) is 41.6 Å². The lowest BCUT2D eigenvalue weighted by molar-refractivity contribution is -0.118. The molecule has 1 unspecified atom stereocenters. The van der Waals surface area contributed by atoms with Gasteiger partial charge < -0.3 is 15.4 Å². The monoisotopic (exact) mass is 402 g/mol. The molecule has 28 heavy (non-hydrogen) atoms. The maximum Gasteiger partial charge on any atom is 0.343 e. The Morgan fingerprint density at radius 1 is 1.29 bits per heavy atom. The van der Waals surface area contributed by atoms with Gasteiger partial charge in [0.1, 0.15) is 11.4 Å². The molecule has 7 nitrogen and oxygen atoms in total. The van der Waals surface area contributed by atoms with Gasteiger partial charge in [-0.3, -0.25) is 4.79 Å². The second-order valence-corrected chi connectivity index (χ2v) is 7.28. The Bertz CT molecular complexity index is 844. The Balaban J connectivity index is 2.19. The standard InChI is InChI=1S/C20H26N4O3S/c1-5-16(18(25)24(6-2)14-10-8-9-13(4)11-14)28-20-22-12-15(17(21)23-20)19(26)27-7-3/h8-12,16H,5-7H2,1-4H3,(H2,21,22,23). The molecular formula is C20H26N4O3S. The number of rotatable bonds is 8. The van der Waals surface area contributed by atoms with Crippen molar-refractivity contribution in [2.75, 3.05) is 23.8 Å². The first-order valence-electron chi connectivity index (χ1n) is 9.25. The van der Waals surface area contributed by atoms with Crippen LogP contribution in [-0.4, -0.2) is 40.2 Å². The zero-order valence-corrected chi connectivity index (χ0v) is 17.5. The van der Waals surface area contributed by atoms with E-state index in [2.05, 4.69) is 9.97 Å². The summed E-state index contributed by atoms with van der Waals surface area (Å²) >= 11 is 1.24. The fourth-order valence-electron chi connectivity index (χ4n) is 2.67. The van der Waals surface area contributed by atoms with Gasteiger partial charge in [-0.2, -0.15) is 0 Å². The first kappa shape index (κ1) is 21.7. The number of anilines is 2. The Labute approximate surface area is 169 Å². The molecule has 150 valence electrons. The van der Waals surface area contributed by atoms with Gasteiger partial charge in [-0.25, -0.2) is 14.8 Å². The highest BCUT2D eigenvalue weighted by Gasteiger charge is 2.26. The van der Waals surface area contributed by atoms with Crippen LogP contribution in [0, 0.1) is 6.92 Å². The van der Waals surface area contributed by atoms with Crippen molar-refractivity contribution in [3.63, 3.8) is 0 Å². The van der Waals surface area contributed by atoms with Crippen molar-refractivity contribution >= 4 is 35.1 Å². The Morgan fingerprint density at radius 3 is 2.61 bits per heavy atom. The van der Waals surface area contributed by atoms with Crippen molar-refractivity contribution in [1.82, 2.24) is 9.97 Å². The van der Waals surface area contributed by atoms with E-state index in [1.807, 2.05) is 45.0 Å². The van der Waals surface area contributed by atoms with E-state index in [4.69, 9.17) is 10.5 Å². The summed E-state index contributed by atoms with van der Waals surface area (Å²) < 4.78 is 4.93. The van der Waals surface area contributed by atoms with E-state index in [1.165, 1.54) is 18.0 Å². The van der Waals surface area contributed by atoms with E-state index in [1.54, 1.807) is 11.8 Å². The normalized spacial score (nSPS) is 11.7. The quantitative estimate of drug-likeness (QED) is 0.410. The predicted octanol–water partition coefficient (Wildman–Crippen LogP) is 3.47. The van der Waals surface area contributed by atoms with Crippen molar-refractivity contribution < 1.29 is 14.3 Å². The third kappa shape index (κ3) is 5.22. The van der Waals surface area contributed by atoms with Gasteiger partial charge in [0.2, 0.25) is 5.91 Å². The SMILES string of the molecule is CCOC(=O)c1cnc(SC(CC)C(=O)N(CC)c2cccc(C)c2)nc1N. The van der Waals surface area contributed by atoms with Gasteiger partial charge in [-0.1, -0.05) is 30.8 Å². The lowest BCUT2D eigenvalue weighted by atomic mass is 10.2. The number of benzene rings is 1. The van der Waals surface area contributed by atoms with Gasteiger partial charge in [-0.05, 0) is 44.9 Å². The molecule has 1 heterocycles. The highest BCUT2D eigenvalue weighted by molar-refractivity contribution is 8.00. The maximum atomic E-state index is 13.1. The highest BCUT2D eigenvalue weighted by atomic mass is 32.2. The number of nitrogens with zero attached hydrogens (tertiary/aromatic N) is 3. The van der Waals surface area contributed by atoms with Crippen LogP contribution in [0.3, 0.4) is 0 Å². The fraction of sp³-hybridized carbons (Fsp3) is 0.400. The number of carbonyl (C=O) groups excluding carboxylic acids is 2. The summed E-state index contributed by atoms with van der Waals surface area (Å²) in [5.41, 5.74) is 7.96. The summed E-state index contributed by atoms with van der Waals surface area (Å²) in [6.07, 6.45) is 1.95. The van der Waals surface area contributed by atoms with Gasteiger partial charge in [0.05, 0.1) is 11.9 Å². The van der Waals surface area contributed by atoms with Crippen molar-refractivity contribution in [3.8, 4) is 0 Å². The number of nitrogens with two attached hydrogens (primary N) is 1. The molecule has 0 saturated carbocycles. The molecule has 1 atom stereocenters. The number of aryl methyl sites for hydroxylation is 1. The number of thioether (sulfide) groups is 1. The van der Waals surface area contributed by atoms with Crippen LogP contribution in [0.5, 0.6) is 0 Å². The first-order chi connectivity index (χ1) is 13.4. The van der Waals surface area contributed by atoms with Crippen LogP contribution in [0.1, 0.15) is 43.1 Å². The number of esters is 1. The molecule has 2 rings (SSSR count). The summed E-state index contributed by atoms with van der Waals surface area (Å²) in [4.78, 5) is 35.1. The van der Waals surface area contributed by atoms with E-state index in [0.717, 1.165) is 11.3 Å². The van der Waals surface area contributed by atoms with Crippen LogP contribution in [-0.2, 0) is 9.53 Å². The minimum Gasteiger partial charge on any atom is -0.462 e. The largest absolute Gasteiger partial charge is 0.462 e. The molecule has 8 heteroatoms. The Morgan fingerprint density at radius 2 is 2.04 bits per heavy atom. The van der Waals surface area contributed by atoms with Crippen LogP contribution in [0.25, 0.3) is 0 Å². The zero-order valence-electron chi connectivity index (χ0n) is 16.6. The average Bonchev–Trinajstić information content (AvgIpc) is 2.67. The smallest absolute Gasteiger partial charge is 0.343 e. The van der Waals surface area contributed by atoms with Crippen LogP contribution in [0.15, 0.2) is 35.6 Å². The van der Waals surface area contributed by atoms with E-state index < -0.39 is 5.97 Å². The molecule has 0 radical (unpaired) electrons. The van der Waals surface area contributed by atoms with Gasteiger partial charge in [0.25, 0.3) is 0 Å². The summed E-state index contributed by atoms with van der Waals surface area (Å²) in [5.74, 6) is -0.530. The molecule has 2 aromatic rings. The number of nitrogen functional groups attached to an aromatic ring is 1. The molecule has 1 aromatic carbocycles. The zero-order chi connectivity index (χ0) is 20.7. The third-order valence-electron chi connectivity index (χ3n) is 4.08.